The van der Waals surface area contributed by atoms with Crippen molar-refractivity contribution in [2.24, 2.45) is 7.05 Å². The molecule has 20 heavy (non-hydrogen) atoms. The molecule has 1 atom stereocenters. The Balaban J connectivity index is 2.27. The Labute approximate surface area is 130 Å². The van der Waals surface area contributed by atoms with E-state index < -0.39 is 11.9 Å². The van der Waals surface area contributed by atoms with E-state index in [1.165, 1.54) is 12.1 Å². The SMILES string of the molecule is CCc1nn(C)c(CC(O)c2cc(F)cc(Cl)c2)c1Br. The quantitative estimate of drug-likeness (QED) is 0.899. The van der Waals surface area contributed by atoms with Gasteiger partial charge in [0.2, 0.25) is 0 Å². The average Bonchev–Trinajstić information content (AvgIpc) is 2.65. The highest BCUT2D eigenvalue weighted by molar-refractivity contribution is 9.10. The predicted octanol–water partition coefficient (Wildman–Crippen LogP) is 3.81. The van der Waals surface area contributed by atoms with Crippen LogP contribution in [0.5, 0.6) is 0 Å². The van der Waals surface area contributed by atoms with Gasteiger partial charge < -0.3 is 5.11 Å². The molecule has 3 nitrogen and oxygen atoms in total. The molecule has 0 aliphatic carbocycles. The summed E-state index contributed by atoms with van der Waals surface area (Å²) < 4.78 is 15.9. The zero-order valence-corrected chi connectivity index (χ0v) is 13.5. The lowest BCUT2D eigenvalue weighted by atomic mass is 10.0. The molecule has 1 unspecified atom stereocenters. The summed E-state index contributed by atoms with van der Waals surface area (Å²) in [5.41, 5.74) is 2.27. The van der Waals surface area contributed by atoms with Crippen molar-refractivity contribution < 1.29 is 9.50 Å². The highest BCUT2D eigenvalue weighted by atomic mass is 79.9. The zero-order valence-electron chi connectivity index (χ0n) is 11.2. The maximum absolute atomic E-state index is 13.3. The van der Waals surface area contributed by atoms with Crippen LogP contribution in [0.4, 0.5) is 4.39 Å². The Morgan fingerprint density at radius 2 is 2.15 bits per heavy atom. The lowest BCUT2D eigenvalue weighted by Gasteiger charge is -2.12. The van der Waals surface area contributed by atoms with Crippen molar-refractivity contribution in [1.29, 1.82) is 0 Å². The summed E-state index contributed by atoms with van der Waals surface area (Å²) >= 11 is 9.31. The molecule has 0 amide bonds. The Morgan fingerprint density at radius 1 is 1.45 bits per heavy atom. The second-order valence-electron chi connectivity index (χ2n) is 4.61. The van der Waals surface area contributed by atoms with Gasteiger partial charge in [-0.3, -0.25) is 4.68 Å². The molecular weight excluding hydrogens is 347 g/mol. The van der Waals surface area contributed by atoms with E-state index in [1.807, 2.05) is 14.0 Å². The van der Waals surface area contributed by atoms with Crippen molar-refractivity contribution in [2.45, 2.75) is 25.9 Å². The summed E-state index contributed by atoms with van der Waals surface area (Å²) in [6.07, 6.45) is 0.305. The Bertz CT molecular complexity index is 610. The van der Waals surface area contributed by atoms with Crippen LogP contribution in [0.3, 0.4) is 0 Å². The third-order valence-corrected chi connectivity index (χ3v) is 4.29. The van der Waals surface area contributed by atoms with Crippen LogP contribution < -0.4 is 0 Å². The number of halogens is 3. The second kappa shape index (κ2) is 6.24. The number of benzene rings is 1. The highest BCUT2D eigenvalue weighted by Crippen LogP contribution is 2.28. The maximum Gasteiger partial charge on any atom is 0.125 e. The molecule has 1 aromatic carbocycles. The smallest absolute Gasteiger partial charge is 0.125 e. The summed E-state index contributed by atoms with van der Waals surface area (Å²) in [6.45, 7) is 2.01. The van der Waals surface area contributed by atoms with Gasteiger partial charge in [0.25, 0.3) is 0 Å². The van der Waals surface area contributed by atoms with Gasteiger partial charge in [-0.1, -0.05) is 18.5 Å². The first-order valence-corrected chi connectivity index (χ1v) is 7.43. The summed E-state index contributed by atoms with van der Waals surface area (Å²) in [5, 5.41) is 14.9. The molecular formula is C14H15BrClFN2O. The molecule has 0 bridgehead atoms. The van der Waals surface area contributed by atoms with Gasteiger partial charge >= 0.3 is 0 Å². The van der Waals surface area contributed by atoms with Gasteiger partial charge in [-0.25, -0.2) is 4.39 Å². The topological polar surface area (TPSA) is 38.0 Å². The van der Waals surface area contributed by atoms with Crippen molar-refractivity contribution in [3.8, 4) is 0 Å². The van der Waals surface area contributed by atoms with Crippen LogP contribution >= 0.6 is 27.5 Å². The third-order valence-electron chi connectivity index (χ3n) is 3.16. The lowest BCUT2D eigenvalue weighted by molar-refractivity contribution is 0.175. The number of nitrogens with zero attached hydrogens (tertiary/aromatic N) is 2. The molecule has 1 aromatic heterocycles. The number of aryl methyl sites for hydroxylation is 2. The first kappa shape index (κ1) is 15.5. The van der Waals surface area contributed by atoms with Gasteiger partial charge in [0.1, 0.15) is 5.82 Å². The monoisotopic (exact) mass is 360 g/mol. The molecule has 0 aliphatic rings. The third kappa shape index (κ3) is 3.22. The number of aliphatic hydroxyl groups is 1. The minimum absolute atomic E-state index is 0.275. The van der Waals surface area contributed by atoms with Crippen molar-refractivity contribution in [3.05, 3.63) is 50.5 Å². The van der Waals surface area contributed by atoms with E-state index in [4.69, 9.17) is 11.6 Å². The molecule has 0 radical (unpaired) electrons. The second-order valence-corrected chi connectivity index (χ2v) is 5.84. The van der Waals surface area contributed by atoms with Gasteiger partial charge in [0.05, 0.1) is 22.0 Å². The molecule has 0 saturated heterocycles. The molecule has 2 aromatic rings. The Morgan fingerprint density at radius 3 is 2.70 bits per heavy atom. The van der Waals surface area contributed by atoms with Gasteiger partial charge in [-0.2, -0.15) is 5.10 Å². The molecule has 1 N–H and O–H groups in total. The molecule has 0 aliphatic heterocycles. The molecule has 2 rings (SSSR count). The number of aromatic nitrogens is 2. The zero-order chi connectivity index (χ0) is 14.9. The first-order valence-electron chi connectivity index (χ1n) is 6.26. The molecule has 0 spiro atoms. The van der Waals surface area contributed by atoms with E-state index in [0.29, 0.717) is 12.0 Å². The molecule has 0 saturated carbocycles. The fraction of sp³-hybridized carbons (Fsp3) is 0.357. The van der Waals surface area contributed by atoms with Crippen LogP contribution in [0.25, 0.3) is 0 Å². The molecule has 6 heteroatoms. The predicted molar refractivity (Wildman–Crippen MR) is 80.4 cm³/mol. The summed E-state index contributed by atoms with van der Waals surface area (Å²) in [4.78, 5) is 0. The number of hydrogen-bond donors (Lipinski definition) is 1. The summed E-state index contributed by atoms with van der Waals surface area (Å²) in [7, 11) is 1.82. The van der Waals surface area contributed by atoms with Crippen molar-refractivity contribution in [2.75, 3.05) is 0 Å². The fourth-order valence-corrected chi connectivity index (χ4v) is 3.12. The Hall–Kier alpha value is -0.910. The fourth-order valence-electron chi connectivity index (χ4n) is 2.11. The maximum atomic E-state index is 13.3. The minimum Gasteiger partial charge on any atom is -0.388 e. The number of hydrogen-bond acceptors (Lipinski definition) is 2. The summed E-state index contributed by atoms with van der Waals surface area (Å²) in [5.74, 6) is -0.454. The molecule has 1 heterocycles. The highest BCUT2D eigenvalue weighted by Gasteiger charge is 2.18. The van der Waals surface area contributed by atoms with Crippen LogP contribution in [-0.2, 0) is 19.9 Å². The average molecular weight is 362 g/mol. The number of aliphatic hydroxyl groups excluding tert-OH is 1. The van der Waals surface area contributed by atoms with Crippen LogP contribution in [-0.4, -0.2) is 14.9 Å². The van der Waals surface area contributed by atoms with E-state index in [9.17, 15) is 9.50 Å². The van der Waals surface area contributed by atoms with Crippen LogP contribution in [0, 0.1) is 5.82 Å². The van der Waals surface area contributed by atoms with E-state index in [1.54, 1.807) is 10.7 Å². The van der Waals surface area contributed by atoms with E-state index >= 15 is 0 Å². The van der Waals surface area contributed by atoms with Crippen molar-refractivity contribution >= 4 is 27.5 Å². The van der Waals surface area contributed by atoms with Crippen molar-refractivity contribution in [1.82, 2.24) is 9.78 Å². The van der Waals surface area contributed by atoms with Gasteiger partial charge in [-0.05, 0) is 46.1 Å². The van der Waals surface area contributed by atoms with E-state index in [-0.39, 0.29) is 5.02 Å². The van der Waals surface area contributed by atoms with Crippen molar-refractivity contribution in [3.63, 3.8) is 0 Å². The standard InChI is InChI=1S/C14H15BrClFN2O/c1-3-11-14(15)12(19(2)18-11)7-13(20)8-4-9(16)6-10(17)5-8/h4-6,13,20H,3,7H2,1-2H3. The van der Waals surface area contributed by atoms with Crippen LogP contribution in [0.15, 0.2) is 22.7 Å². The normalized spacial score (nSPS) is 12.7. The van der Waals surface area contributed by atoms with Gasteiger partial charge in [0, 0.05) is 18.5 Å². The number of rotatable bonds is 4. The lowest BCUT2D eigenvalue weighted by Crippen LogP contribution is -2.07. The van der Waals surface area contributed by atoms with Crippen LogP contribution in [0.2, 0.25) is 5.02 Å². The summed E-state index contributed by atoms with van der Waals surface area (Å²) in [6, 6.07) is 4.08. The largest absolute Gasteiger partial charge is 0.388 e. The molecule has 108 valence electrons. The van der Waals surface area contributed by atoms with Gasteiger partial charge in [0.15, 0.2) is 0 Å². The minimum atomic E-state index is -0.834. The molecule has 0 fully saturated rings. The first-order chi connectivity index (χ1) is 9.42. The van der Waals surface area contributed by atoms with Crippen LogP contribution in [0.1, 0.15) is 30.0 Å². The van der Waals surface area contributed by atoms with Gasteiger partial charge in [-0.15, -0.1) is 0 Å². The van der Waals surface area contributed by atoms with E-state index in [2.05, 4.69) is 21.0 Å². The Kier molecular flexibility index (Phi) is 4.83. The van der Waals surface area contributed by atoms with E-state index in [0.717, 1.165) is 22.3 Å².